The number of aliphatic carboxylic acids is 1. The molecule has 4 amide bonds. The van der Waals surface area contributed by atoms with Crippen LogP contribution in [-0.2, 0) is 35.8 Å². The van der Waals surface area contributed by atoms with Crippen LogP contribution < -0.4 is 51.5 Å². The Kier molecular flexibility index (Phi) is 18.4. The van der Waals surface area contributed by atoms with Gasteiger partial charge in [0.25, 0.3) is 16.1 Å². The highest BCUT2D eigenvalue weighted by Gasteiger charge is 2.38. The molecule has 1 aliphatic heterocycles. The highest BCUT2D eigenvalue weighted by molar-refractivity contribution is 7.87. The molecule has 0 aliphatic carbocycles. The van der Waals surface area contributed by atoms with Crippen molar-refractivity contribution in [2.24, 2.45) is 16.6 Å². The number of fused-ring (bicyclic) bond motifs is 5. The number of phenolic OH excluding ortho intramolecular Hbond substituents is 1. The molecule has 4 aromatic rings. The summed E-state index contributed by atoms with van der Waals surface area (Å²) in [6, 6.07) is 7.08. The van der Waals surface area contributed by atoms with Gasteiger partial charge in [0, 0.05) is 49.8 Å². The van der Waals surface area contributed by atoms with Crippen LogP contribution in [0.15, 0.2) is 54.6 Å². The summed E-state index contributed by atoms with van der Waals surface area (Å²) in [5, 5.41) is 55.4. The molecule has 4 bridgehead atoms. The summed E-state index contributed by atoms with van der Waals surface area (Å²) in [7, 11) is -3.39. The molecule has 1 aliphatic rings. The van der Waals surface area contributed by atoms with Gasteiger partial charge in [0.1, 0.15) is 61.1 Å². The van der Waals surface area contributed by atoms with Crippen LogP contribution in [0.4, 0.5) is 0 Å². The van der Waals surface area contributed by atoms with Crippen LogP contribution in [0.25, 0.3) is 22.5 Å². The van der Waals surface area contributed by atoms with Gasteiger partial charge in [0.2, 0.25) is 17.7 Å². The van der Waals surface area contributed by atoms with Crippen molar-refractivity contribution in [3.05, 3.63) is 82.7 Å². The molecule has 0 radical (unpaired) electrons. The van der Waals surface area contributed by atoms with Crippen molar-refractivity contribution in [2.75, 3.05) is 39.9 Å². The lowest BCUT2D eigenvalue weighted by Crippen LogP contribution is -2.57. The SMILES string of the molecule is Cc1nc(-c2ccc(OC(C)C)cc2)nc(C)c1C(=O)N[C@@H](CNS(N)(=O)=O)C(=O)N(C)C1C(=O)N[C@@H](C)C(=O)N[C@H](C(=O)O)Cc2ccc(OC[C@H](O)CN)c(c2)-c2cc1cc(OC[C@H](O)CN)c2O. The summed E-state index contributed by atoms with van der Waals surface area (Å²) < 4.78 is 44.0. The maximum atomic E-state index is 14.9. The first-order valence-electron chi connectivity index (χ1n) is 22.2. The third kappa shape index (κ3) is 14.3. The Morgan fingerprint density at radius 3 is 2.06 bits per heavy atom. The van der Waals surface area contributed by atoms with Crippen LogP contribution in [0.2, 0.25) is 0 Å². The molecule has 2 heterocycles. The fourth-order valence-electron chi connectivity index (χ4n) is 7.42. The normalized spacial score (nSPS) is 17.4. The second kappa shape index (κ2) is 23.7. The molecule has 0 fully saturated rings. The first-order valence-corrected chi connectivity index (χ1v) is 23.8. The van der Waals surface area contributed by atoms with Gasteiger partial charge in [-0.3, -0.25) is 19.2 Å². The second-order valence-electron chi connectivity index (χ2n) is 17.0. The lowest BCUT2D eigenvalue weighted by atomic mass is 9.93. The van der Waals surface area contributed by atoms with Crippen molar-refractivity contribution in [3.8, 4) is 45.5 Å². The number of aromatic hydroxyl groups is 1. The quantitative estimate of drug-likeness (QED) is 0.0539. The van der Waals surface area contributed by atoms with E-state index in [0.717, 1.165) is 11.9 Å². The minimum atomic E-state index is -4.52. The molecule has 0 saturated carbocycles. The number of hydrogen-bond donors (Lipinski definition) is 11. The van der Waals surface area contributed by atoms with Gasteiger partial charge in [-0.05, 0) is 94.3 Å². The van der Waals surface area contributed by atoms with Gasteiger partial charge in [0.15, 0.2) is 17.3 Å². The van der Waals surface area contributed by atoms with Crippen LogP contribution in [0, 0.1) is 13.8 Å². The number of ether oxygens (including phenoxy) is 3. The maximum Gasteiger partial charge on any atom is 0.326 e. The van der Waals surface area contributed by atoms with Gasteiger partial charge >= 0.3 is 5.97 Å². The number of nitrogens with zero attached hydrogens (tertiary/aromatic N) is 3. The molecule has 0 saturated heterocycles. The molecule has 3 aromatic carbocycles. The minimum Gasteiger partial charge on any atom is -0.504 e. The van der Waals surface area contributed by atoms with Crippen molar-refractivity contribution in [2.45, 2.75) is 83.5 Å². The zero-order valence-corrected chi connectivity index (χ0v) is 40.7. The molecule has 384 valence electrons. The second-order valence-corrected chi connectivity index (χ2v) is 18.4. The Hall–Kier alpha value is -7.00. The number of hydrogen-bond acceptors (Lipinski definition) is 17. The van der Waals surface area contributed by atoms with E-state index in [1.54, 1.807) is 24.3 Å². The zero-order valence-electron chi connectivity index (χ0n) is 39.8. The Labute approximate surface area is 409 Å². The highest BCUT2D eigenvalue weighted by Crippen LogP contribution is 2.45. The summed E-state index contributed by atoms with van der Waals surface area (Å²) in [6.45, 7) is 5.95. The molecule has 1 aromatic heterocycles. The van der Waals surface area contributed by atoms with E-state index in [1.807, 2.05) is 18.6 Å². The molecule has 14 N–H and O–H groups in total. The maximum absolute atomic E-state index is 14.9. The van der Waals surface area contributed by atoms with Crippen LogP contribution in [0.1, 0.15) is 59.7 Å². The number of nitrogens with two attached hydrogens (primary N) is 3. The molecule has 6 atom stereocenters. The van der Waals surface area contributed by atoms with E-state index in [1.165, 1.54) is 51.1 Å². The molecular formula is C46H60N10O14S. The van der Waals surface area contributed by atoms with E-state index in [9.17, 15) is 52.8 Å². The topological polar surface area (TPSA) is 383 Å². The average molecular weight is 1010 g/mol. The van der Waals surface area contributed by atoms with E-state index < -0.39 is 95.1 Å². The van der Waals surface area contributed by atoms with Crippen LogP contribution in [0.5, 0.6) is 23.0 Å². The van der Waals surface area contributed by atoms with E-state index >= 15 is 0 Å². The number of carbonyl (C=O) groups is 5. The van der Waals surface area contributed by atoms with Crippen LogP contribution >= 0.6 is 0 Å². The van der Waals surface area contributed by atoms with E-state index in [0.29, 0.717) is 16.9 Å². The first kappa shape index (κ1) is 54.9. The van der Waals surface area contributed by atoms with Gasteiger partial charge in [-0.15, -0.1) is 0 Å². The molecular weight excluding hydrogens is 949 g/mol. The van der Waals surface area contributed by atoms with Gasteiger partial charge in [0.05, 0.1) is 23.1 Å². The number of carbonyl (C=O) groups excluding carboxylic acids is 4. The molecule has 1 unspecified atom stereocenters. The van der Waals surface area contributed by atoms with Gasteiger partial charge in [-0.25, -0.2) is 19.9 Å². The third-order valence-corrected chi connectivity index (χ3v) is 11.6. The number of phenols is 1. The molecule has 24 nitrogen and oxygen atoms in total. The minimum absolute atomic E-state index is 0.0114. The summed E-state index contributed by atoms with van der Waals surface area (Å²) in [4.78, 5) is 79.7. The number of benzene rings is 3. The number of aromatic nitrogens is 2. The number of nitrogens with one attached hydrogen (secondary N) is 4. The number of carboxylic acids is 1. The first-order chi connectivity index (χ1) is 33.4. The number of rotatable bonds is 19. The predicted octanol–water partition coefficient (Wildman–Crippen LogP) is -0.962. The third-order valence-electron chi connectivity index (χ3n) is 11.0. The Bertz CT molecular complexity index is 2700. The van der Waals surface area contributed by atoms with Crippen molar-refractivity contribution in [1.82, 2.24) is 35.5 Å². The Morgan fingerprint density at radius 2 is 1.49 bits per heavy atom. The zero-order chi connectivity index (χ0) is 52.5. The Balaban J connectivity index is 1.66. The lowest BCUT2D eigenvalue weighted by molar-refractivity contribution is -0.143. The number of aryl methyl sites for hydroxylation is 2. The summed E-state index contributed by atoms with van der Waals surface area (Å²) in [5.74, 6) is -5.52. The predicted molar refractivity (Wildman–Crippen MR) is 256 cm³/mol. The standard InChI is InChI=1S/C46H60N10O14S/c1-22(2)70-31-10-8-27(9-11-31)41-51-23(3)38(24(4)52-41)43(61)55-35(19-50-71(49,66)67)45(63)56(6)39-28-15-33(40(59)37(16-28)69-21-30(58)18-48)32-13-26(7-12-36(32)68-20-29(57)17-47)14-34(46(64)65)54-42(60)25(5)53-44(39)62/h7-13,15-16,22,25,29-30,34-35,39,50,57-59H,14,17-21,47-48H2,1-6H3,(H,53,62)(H,54,60)(H,55,61)(H,64,65)(H2,49,66,67)/t25-,29+,30+,34-,35-,39?/m0/s1. The van der Waals surface area contributed by atoms with Gasteiger partial charge in [-0.2, -0.15) is 13.1 Å². The van der Waals surface area contributed by atoms with Gasteiger partial charge < -0.3 is 67.0 Å². The fourth-order valence-corrected chi connectivity index (χ4v) is 7.82. The van der Waals surface area contributed by atoms with Crippen LogP contribution in [0.3, 0.4) is 0 Å². The van der Waals surface area contributed by atoms with Crippen molar-refractivity contribution in [3.63, 3.8) is 0 Å². The molecule has 25 heteroatoms. The number of aliphatic hydroxyl groups excluding tert-OH is 2. The van der Waals surface area contributed by atoms with Crippen molar-refractivity contribution >= 4 is 39.8 Å². The number of aliphatic hydroxyl groups is 2. The Morgan fingerprint density at radius 1 is 0.887 bits per heavy atom. The fraction of sp³-hybridized carbons (Fsp3) is 0.413. The molecule has 71 heavy (non-hydrogen) atoms. The van der Waals surface area contributed by atoms with Crippen molar-refractivity contribution < 1.29 is 67.0 Å². The average Bonchev–Trinajstić information content (AvgIpc) is 3.30. The molecule has 5 rings (SSSR count). The van der Waals surface area contributed by atoms with Crippen molar-refractivity contribution in [1.29, 1.82) is 0 Å². The largest absolute Gasteiger partial charge is 0.504 e. The number of likely N-dealkylation sites (N-methyl/N-ethyl adjacent to an activating group) is 1. The molecule has 0 spiro atoms. The van der Waals surface area contributed by atoms with E-state index in [2.05, 4.69) is 25.9 Å². The van der Waals surface area contributed by atoms with Crippen LogP contribution in [-0.4, -0.2) is 150 Å². The summed E-state index contributed by atoms with van der Waals surface area (Å²) in [6.07, 6.45) is -2.77. The smallest absolute Gasteiger partial charge is 0.326 e. The number of amides is 4. The summed E-state index contributed by atoms with van der Waals surface area (Å²) in [5.41, 5.74) is 12.2. The van der Waals surface area contributed by atoms with E-state index in [4.69, 9.17) is 30.8 Å². The summed E-state index contributed by atoms with van der Waals surface area (Å²) >= 11 is 0. The van der Waals surface area contributed by atoms with E-state index in [-0.39, 0.29) is 83.2 Å². The monoisotopic (exact) mass is 1010 g/mol. The van der Waals surface area contributed by atoms with Gasteiger partial charge in [-0.1, -0.05) is 6.07 Å². The number of carboxylic acid groups (broad SMARTS) is 1. The lowest BCUT2D eigenvalue weighted by Gasteiger charge is -2.33. The highest BCUT2D eigenvalue weighted by atomic mass is 32.2.